The van der Waals surface area contributed by atoms with Gasteiger partial charge in [0.15, 0.2) is 0 Å². The third-order valence-electron chi connectivity index (χ3n) is 4.11. The molecule has 0 fully saturated rings. The number of thiazole rings is 1. The van der Waals surface area contributed by atoms with Crippen molar-refractivity contribution in [3.05, 3.63) is 78.4 Å². The topological polar surface area (TPSA) is 96.4 Å². The van der Waals surface area contributed by atoms with Crippen LogP contribution in [0.2, 0.25) is 0 Å². The molecule has 4 rings (SSSR count). The third-order valence-corrected chi connectivity index (χ3v) is 6.56. The number of fused-ring (bicyclic) bond motifs is 1. The summed E-state index contributed by atoms with van der Waals surface area (Å²) >= 11 is 1.48. The smallest absolute Gasteiger partial charge is 0.335 e. The molecule has 1 heterocycles. The zero-order valence-corrected chi connectivity index (χ0v) is 16.0. The number of aromatic nitrogens is 1. The van der Waals surface area contributed by atoms with E-state index in [-0.39, 0.29) is 10.5 Å². The maximum absolute atomic E-state index is 12.8. The second kappa shape index (κ2) is 7.06. The SMILES string of the molecule is O=C(O)c1ccc(S(=O)(=O)Nc2ccccc2-c2nc3ccccc3s2)cc1. The maximum Gasteiger partial charge on any atom is 0.335 e. The molecule has 3 aromatic carbocycles. The molecule has 0 spiro atoms. The van der Waals surface area contributed by atoms with Gasteiger partial charge in [0.25, 0.3) is 10.0 Å². The molecule has 0 radical (unpaired) electrons. The minimum Gasteiger partial charge on any atom is -0.478 e. The van der Waals surface area contributed by atoms with Crippen LogP contribution in [-0.2, 0) is 10.0 Å². The van der Waals surface area contributed by atoms with E-state index in [1.807, 2.05) is 36.4 Å². The van der Waals surface area contributed by atoms with Crippen LogP contribution in [0.3, 0.4) is 0 Å². The number of rotatable bonds is 5. The van der Waals surface area contributed by atoms with Crippen molar-refractivity contribution in [2.45, 2.75) is 4.90 Å². The monoisotopic (exact) mass is 410 g/mol. The lowest BCUT2D eigenvalue weighted by Crippen LogP contribution is -2.13. The molecule has 0 saturated carbocycles. The van der Waals surface area contributed by atoms with Gasteiger partial charge in [0, 0.05) is 5.56 Å². The molecule has 0 aliphatic rings. The van der Waals surface area contributed by atoms with Gasteiger partial charge in [0.05, 0.1) is 26.4 Å². The minimum atomic E-state index is -3.88. The van der Waals surface area contributed by atoms with Crippen molar-refractivity contribution < 1.29 is 18.3 Å². The number of nitrogens with zero attached hydrogens (tertiary/aromatic N) is 1. The molecule has 28 heavy (non-hydrogen) atoms. The molecule has 8 heteroatoms. The average molecular weight is 410 g/mol. The number of carbonyl (C=O) groups is 1. The van der Waals surface area contributed by atoms with Crippen molar-refractivity contribution in [3.63, 3.8) is 0 Å². The Kier molecular flexibility index (Phi) is 4.58. The lowest BCUT2D eigenvalue weighted by molar-refractivity contribution is 0.0696. The molecule has 140 valence electrons. The van der Waals surface area contributed by atoms with Gasteiger partial charge in [-0.2, -0.15) is 0 Å². The highest BCUT2D eigenvalue weighted by Crippen LogP contribution is 2.35. The number of aromatic carboxylic acids is 1. The van der Waals surface area contributed by atoms with E-state index >= 15 is 0 Å². The number of benzene rings is 3. The van der Waals surface area contributed by atoms with Crippen molar-refractivity contribution in [2.24, 2.45) is 0 Å². The Morgan fingerprint density at radius 3 is 2.32 bits per heavy atom. The Hall–Kier alpha value is -3.23. The summed E-state index contributed by atoms with van der Waals surface area (Å²) < 4.78 is 29.1. The van der Waals surface area contributed by atoms with Gasteiger partial charge in [-0.15, -0.1) is 11.3 Å². The number of hydrogen-bond donors (Lipinski definition) is 2. The first-order chi connectivity index (χ1) is 13.4. The van der Waals surface area contributed by atoms with Gasteiger partial charge in [0.2, 0.25) is 0 Å². The van der Waals surface area contributed by atoms with Crippen LogP contribution in [-0.4, -0.2) is 24.5 Å². The first-order valence-electron chi connectivity index (χ1n) is 8.25. The van der Waals surface area contributed by atoms with Crippen LogP contribution in [0.25, 0.3) is 20.8 Å². The highest BCUT2D eigenvalue weighted by molar-refractivity contribution is 7.92. The van der Waals surface area contributed by atoms with Crippen LogP contribution < -0.4 is 4.72 Å². The maximum atomic E-state index is 12.8. The van der Waals surface area contributed by atoms with Gasteiger partial charge < -0.3 is 5.11 Å². The van der Waals surface area contributed by atoms with Crippen molar-refractivity contribution in [2.75, 3.05) is 4.72 Å². The number of anilines is 1. The van der Waals surface area contributed by atoms with Crippen LogP contribution in [0.1, 0.15) is 10.4 Å². The summed E-state index contributed by atoms with van der Waals surface area (Å²) in [5.74, 6) is -1.11. The molecule has 0 aliphatic heterocycles. The number of nitrogens with one attached hydrogen (secondary N) is 1. The average Bonchev–Trinajstić information content (AvgIpc) is 3.12. The summed E-state index contributed by atoms with van der Waals surface area (Å²) in [5.41, 5.74) is 1.96. The lowest BCUT2D eigenvalue weighted by Gasteiger charge is -2.11. The fourth-order valence-corrected chi connectivity index (χ4v) is 4.81. The molecule has 0 saturated heterocycles. The van der Waals surface area contributed by atoms with Crippen molar-refractivity contribution in [1.29, 1.82) is 0 Å². The summed E-state index contributed by atoms with van der Waals surface area (Å²) in [6.45, 7) is 0. The summed E-state index contributed by atoms with van der Waals surface area (Å²) in [6.07, 6.45) is 0. The van der Waals surface area contributed by atoms with Crippen LogP contribution in [0.15, 0.2) is 77.7 Å². The van der Waals surface area contributed by atoms with E-state index in [4.69, 9.17) is 5.11 Å². The fourth-order valence-electron chi connectivity index (χ4n) is 2.73. The molecule has 6 nitrogen and oxygen atoms in total. The number of hydrogen-bond acceptors (Lipinski definition) is 5. The van der Waals surface area contributed by atoms with Crippen molar-refractivity contribution in [3.8, 4) is 10.6 Å². The van der Waals surface area contributed by atoms with Crippen LogP contribution in [0.4, 0.5) is 5.69 Å². The zero-order valence-electron chi connectivity index (χ0n) is 14.4. The summed E-state index contributed by atoms with van der Waals surface area (Å²) in [7, 11) is -3.88. The van der Waals surface area contributed by atoms with E-state index in [0.29, 0.717) is 16.3 Å². The number of carboxylic acid groups (broad SMARTS) is 1. The predicted molar refractivity (Wildman–Crippen MR) is 109 cm³/mol. The van der Waals surface area contributed by atoms with Gasteiger partial charge in [-0.05, 0) is 48.5 Å². The Balaban J connectivity index is 1.71. The third kappa shape index (κ3) is 3.47. The van der Waals surface area contributed by atoms with E-state index in [9.17, 15) is 13.2 Å². The van der Waals surface area contributed by atoms with Gasteiger partial charge in [-0.1, -0.05) is 24.3 Å². The van der Waals surface area contributed by atoms with Crippen molar-refractivity contribution >= 4 is 43.2 Å². The second-order valence-corrected chi connectivity index (χ2v) is 8.68. The number of sulfonamides is 1. The molecule has 0 aliphatic carbocycles. The van der Waals surface area contributed by atoms with Crippen LogP contribution in [0, 0.1) is 0 Å². The summed E-state index contributed by atoms with van der Waals surface area (Å²) in [6, 6.07) is 19.8. The molecule has 1 aromatic heterocycles. The Bertz CT molecular complexity index is 1250. The van der Waals surface area contributed by atoms with Crippen LogP contribution in [0.5, 0.6) is 0 Å². The van der Waals surface area contributed by atoms with Gasteiger partial charge >= 0.3 is 5.97 Å². The summed E-state index contributed by atoms with van der Waals surface area (Å²) in [5, 5.41) is 9.67. The minimum absolute atomic E-state index is 0.0170. The predicted octanol–water partition coefficient (Wildman–Crippen LogP) is 4.46. The largest absolute Gasteiger partial charge is 0.478 e. The van der Waals surface area contributed by atoms with E-state index < -0.39 is 16.0 Å². The molecule has 4 aromatic rings. The van der Waals surface area contributed by atoms with Crippen LogP contribution >= 0.6 is 11.3 Å². The second-order valence-electron chi connectivity index (χ2n) is 5.97. The molecular weight excluding hydrogens is 396 g/mol. The Labute approximate surface area is 165 Å². The highest BCUT2D eigenvalue weighted by Gasteiger charge is 2.18. The summed E-state index contributed by atoms with van der Waals surface area (Å²) in [4.78, 5) is 15.5. The first kappa shape index (κ1) is 18.1. The number of carboxylic acids is 1. The molecular formula is C20H14N2O4S2. The molecule has 2 N–H and O–H groups in total. The lowest BCUT2D eigenvalue weighted by atomic mass is 10.2. The fraction of sp³-hybridized carbons (Fsp3) is 0. The van der Waals surface area contributed by atoms with E-state index in [0.717, 1.165) is 10.2 Å². The first-order valence-corrected chi connectivity index (χ1v) is 10.6. The normalized spacial score (nSPS) is 11.4. The van der Waals surface area contributed by atoms with Crippen molar-refractivity contribution in [1.82, 2.24) is 4.98 Å². The standard InChI is InChI=1S/C20H14N2O4S2/c23-20(24)13-9-11-14(12-10-13)28(25,26)22-16-6-2-1-5-15(16)19-21-17-7-3-4-8-18(17)27-19/h1-12,22H,(H,23,24). The van der Waals surface area contributed by atoms with E-state index in [1.54, 1.807) is 12.1 Å². The molecule has 0 atom stereocenters. The van der Waals surface area contributed by atoms with Gasteiger partial charge in [-0.3, -0.25) is 4.72 Å². The Morgan fingerprint density at radius 1 is 0.929 bits per heavy atom. The molecule has 0 bridgehead atoms. The van der Waals surface area contributed by atoms with E-state index in [2.05, 4.69) is 9.71 Å². The van der Waals surface area contributed by atoms with E-state index in [1.165, 1.54) is 35.6 Å². The molecule has 0 unspecified atom stereocenters. The molecule has 0 amide bonds. The van der Waals surface area contributed by atoms with Gasteiger partial charge in [0.1, 0.15) is 5.01 Å². The quantitative estimate of drug-likeness (QED) is 0.506. The number of para-hydroxylation sites is 2. The van der Waals surface area contributed by atoms with Gasteiger partial charge in [-0.25, -0.2) is 18.2 Å². The zero-order chi connectivity index (χ0) is 19.7. The Morgan fingerprint density at radius 2 is 1.61 bits per heavy atom. The highest BCUT2D eigenvalue weighted by atomic mass is 32.2.